The molecule has 3 heteroatoms. The van der Waals surface area contributed by atoms with E-state index in [4.69, 9.17) is 0 Å². The molecule has 1 unspecified atom stereocenters. The quantitative estimate of drug-likeness (QED) is 0.852. The molecule has 2 rings (SSSR count). The normalized spacial score (nSPS) is 21.1. The van der Waals surface area contributed by atoms with Gasteiger partial charge in [0.15, 0.2) is 0 Å². The molecule has 1 N–H and O–H groups in total. The molecule has 0 amide bonds. The first-order valence-corrected chi connectivity index (χ1v) is 7.24. The number of nitrogens with one attached hydrogen (secondary N) is 1. The summed E-state index contributed by atoms with van der Waals surface area (Å²) in [6.07, 6.45) is 9.90. The van der Waals surface area contributed by atoms with Gasteiger partial charge in [-0.15, -0.1) is 11.3 Å². The lowest BCUT2D eigenvalue weighted by Gasteiger charge is -2.36. The van der Waals surface area contributed by atoms with Crippen LogP contribution in [0.5, 0.6) is 0 Å². The Labute approximate surface area is 102 Å². The van der Waals surface area contributed by atoms with Crippen LogP contribution >= 0.6 is 11.3 Å². The third-order valence-corrected chi connectivity index (χ3v) is 5.06. The van der Waals surface area contributed by atoms with Crippen molar-refractivity contribution in [1.29, 1.82) is 0 Å². The Morgan fingerprint density at radius 3 is 2.75 bits per heavy atom. The summed E-state index contributed by atoms with van der Waals surface area (Å²) in [5.74, 6) is 0. The number of rotatable bonds is 5. The molecule has 1 atom stereocenters. The Bertz CT molecular complexity index is 302. The zero-order chi connectivity index (χ0) is 11.4. The van der Waals surface area contributed by atoms with E-state index < -0.39 is 0 Å². The zero-order valence-electron chi connectivity index (χ0n) is 10.3. The van der Waals surface area contributed by atoms with Crippen molar-refractivity contribution >= 4 is 11.3 Å². The molecule has 0 spiro atoms. The second-order valence-electron chi connectivity index (χ2n) is 4.89. The maximum absolute atomic E-state index is 4.42. The van der Waals surface area contributed by atoms with Crippen LogP contribution in [0.2, 0.25) is 0 Å². The Hall–Kier alpha value is -0.410. The van der Waals surface area contributed by atoms with Crippen LogP contribution in [-0.4, -0.2) is 18.1 Å². The molecule has 2 nitrogen and oxygen atoms in total. The van der Waals surface area contributed by atoms with E-state index in [1.165, 1.54) is 37.1 Å². The molecule has 0 aromatic carbocycles. The monoisotopic (exact) mass is 238 g/mol. The fourth-order valence-electron chi connectivity index (χ4n) is 3.18. The molecule has 1 heterocycles. The maximum Gasteiger partial charge on any atom is 0.0940 e. The standard InChI is InChI=1S/C13H22N2S/c1-3-13(6-4-5-7-13)11(14-2)10-12-15-8-9-16-12/h8-9,11,14H,3-7,10H2,1-2H3. The number of hydrogen-bond donors (Lipinski definition) is 1. The van der Waals surface area contributed by atoms with E-state index in [2.05, 4.69) is 29.7 Å². The zero-order valence-corrected chi connectivity index (χ0v) is 11.1. The first-order valence-electron chi connectivity index (χ1n) is 6.36. The van der Waals surface area contributed by atoms with Gasteiger partial charge in [0.1, 0.15) is 0 Å². The Balaban J connectivity index is 2.08. The van der Waals surface area contributed by atoms with E-state index in [0.717, 1.165) is 6.42 Å². The summed E-state index contributed by atoms with van der Waals surface area (Å²) in [5, 5.41) is 6.90. The fourth-order valence-corrected chi connectivity index (χ4v) is 3.84. The summed E-state index contributed by atoms with van der Waals surface area (Å²) in [4.78, 5) is 4.42. The van der Waals surface area contributed by atoms with E-state index >= 15 is 0 Å². The van der Waals surface area contributed by atoms with Gasteiger partial charge >= 0.3 is 0 Å². The van der Waals surface area contributed by atoms with Crippen molar-refractivity contribution < 1.29 is 0 Å². The molecule has 1 aromatic heterocycles. The first-order chi connectivity index (χ1) is 7.80. The van der Waals surface area contributed by atoms with Crippen LogP contribution in [0, 0.1) is 5.41 Å². The molecule has 1 fully saturated rings. The van der Waals surface area contributed by atoms with Gasteiger partial charge in [-0.25, -0.2) is 4.98 Å². The van der Waals surface area contributed by atoms with Gasteiger partial charge in [-0.1, -0.05) is 19.8 Å². The summed E-state index contributed by atoms with van der Waals surface area (Å²) in [6, 6.07) is 0.603. The molecule has 16 heavy (non-hydrogen) atoms. The van der Waals surface area contributed by atoms with E-state index in [1.807, 2.05) is 6.20 Å². The van der Waals surface area contributed by atoms with Crippen LogP contribution in [0.4, 0.5) is 0 Å². The second kappa shape index (κ2) is 5.28. The van der Waals surface area contributed by atoms with Crippen molar-refractivity contribution in [1.82, 2.24) is 10.3 Å². The van der Waals surface area contributed by atoms with Crippen LogP contribution in [0.3, 0.4) is 0 Å². The van der Waals surface area contributed by atoms with Gasteiger partial charge in [-0.05, 0) is 31.7 Å². The van der Waals surface area contributed by atoms with Crippen molar-refractivity contribution in [3.8, 4) is 0 Å². The van der Waals surface area contributed by atoms with Gasteiger partial charge in [-0.2, -0.15) is 0 Å². The minimum atomic E-state index is 0.528. The van der Waals surface area contributed by atoms with Crippen molar-refractivity contribution in [3.63, 3.8) is 0 Å². The average Bonchev–Trinajstić information content (AvgIpc) is 2.97. The van der Waals surface area contributed by atoms with Gasteiger partial charge in [0.2, 0.25) is 0 Å². The highest BCUT2D eigenvalue weighted by atomic mass is 32.1. The van der Waals surface area contributed by atoms with Crippen molar-refractivity contribution in [2.75, 3.05) is 7.05 Å². The molecule has 0 bridgehead atoms. The molecule has 1 aromatic rings. The molecule has 0 saturated heterocycles. The van der Waals surface area contributed by atoms with E-state index in [0.29, 0.717) is 11.5 Å². The summed E-state index contributed by atoms with van der Waals surface area (Å²) < 4.78 is 0. The number of nitrogens with zero attached hydrogens (tertiary/aromatic N) is 1. The lowest BCUT2D eigenvalue weighted by Crippen LogP contribution is -2.43. The Morgan fingerprint density at radius 2 is 2.25 bits per heavy atom. The third-order valence-electron chi connectivity index (χ3n) is 4.25. The predicted octanol–water partition coefficient (Wildman–Crippen LogP) is 3.24. The van der Waals surface area contributed by atoms with Crippen molar-refractivity contribution in [2.24, 2.45) is 5.41 Å². The first kappa shape index (κ1) is 12.1. The lowest BCUT2D eigenvalue weighted by atomic mass is 9.75. The van der Waals surface area contributed by atoms with Gasteiger partial charge in [0, 0.05) is 24.0 Å². The van der Waals surface area contributed by atoms with Crippen LogP contribution in [0.1, 0.15) is 44.0 Å². The summed E-state index contributed by atoms with van der Waals surface area (Å²) in [5.41, 5.74) is 0.528. The fraction of sp³-hybridized carbons (Fsp3) is 0.769. The molecule has 1 saturated carbocycles. The largest absolute Gasteiger partial charge is 0.316 e. The van der Waals surface area contributed by atoms with Gasteiger partial charge in [0.25, 0.3) is 0 Å². The molecule has 90 valence electrons. The third kappa shape index (κ3) is 2.30. The minimum Gasteiger partial charge on any atom is -0.316 e. The highest BCUT2D eigenvalue weighted by molar-refractivity contribution is 7.09. The number of likely N-dealkylation sites (N-methyl/N-ethyl adjacent to an activating group) is 1. The van der Waals surface area contributed by atoms with E-state index in [1.54, 1.807) is 11.3 Å². The highest BCUT2D eigenvalue weighted by Crippen LogP contribution is 2.44. The molecular formula is C13H22N2S. The predicted molar refractivity (Wildman–Crippen MR) is 69.9 cm³/mol. The number of aromatic nitrogens is 1. The van der Waals surface area contributed by atoms with Crippen LogP contribution in [-0.2, 0) is 6.42 Å². The minimum absolute atomic E-state index is 0.528. The SMILES string of the molecule is CCC1(C(Cc2nccs2)NC)CCCC1. The molecule has 0 aliphatic heterocycles. The van der Waals surface area contributed by atoms with Crippen LogP contribution in [0.25, 0.3) is 0 Å². The van der Waals surface area contributed by atoms with Crippen molar-refractivity contribution in [2.45, 2.75) is 51.5 Å². The Kier molecular flexibility index (Phi) is 3.98. The van der Waals surface area contributed by atoms with Crippen molar-refractivity contribution in [3.05, 3.63) is 16.6 Å². The summed E-state index contributed by atoms with van der Waals surface area (Å²) >= 11 is 1.78. The molecule has 1 aliphatic rings. The topological polar surface area (TPSA) is 24.9 Å². The number of thiazole rings is 1. The van der Waals surface area contributed by atoms with Gasteiger partial charge in [-0.3, -0.25) is 0 Å². The molecule has 1 aliphatic carbocycles. The average molecular weight is 238 g/mol. The lowest BCUT2D eigenvalue weighted by molar-refractivity contribution is 0.192. The van der Waals surface area contributed by atoms with Gasteiger partial charge in [0.05, 0.1) is 5.01 Å². The second-order valence-corrected chi connectivity index (χ2v) is 5.87. The van der Waals surface area contributed by atoms with E-state index in [9.17, 15) is 0 Å². The maximum atomic E-state index is 4.42. The summed E-state index contributed by atoms with van der Waals surface area (Å²) in [6.45, 7) is 2.34. The van der Waals surface area contributed by atoms with Crippen LogP contribution < -0.4 is 5.32 Å². The van der Waals surface area contributed by atoms with Crippen LogP contribution in [0.15, 0.2) is 11.6 Å². The molecule has 0 radical (unpaired) electrons. The Morgan fingerprint density at radius 1 is 1.50 bits per heavy atom. The van der Waals surface area contributed by atoms with Gasteiger partial charge < -0.3 is 5.32 Å². The smallest absolute Gasteiger partial charge is 0.0940 e. The highest BCUT2D eigenvalue weighted by Gasteiger charge is 2.39. The van der Waals surface area contributed by atoms with E-state index in [-0.39, 0.29) is 0 Å². The summed E-state index contributed by atoms with van der Waals surface area (Å²) in [7, 11) is 2.11. The number of hydrogen-bond acceptors (Lipinski definition) is 3. The molecular weight excluding hydrogens is 216 g/mol.